The van der Waals surface area contributed by atoms with E-state index in [1.807, 2.05) is 30.3 Å². The lowest BCUT2D eigenvalue weighted by Crippen LogP contribution is -2.68. The molecule has 7 N–H and O–H groups in total. The Balaban J connectivity index is 1.81. The van der Waals surface area contributed by atoms with Crippen LogP contribution in [0.3, 0.4) is 0 Å². The van der Waals surface area contributed by atoms with Crippen LogP contribution < -0.4 is 5.73 Å². The second-order valence-electron chi connectivity index (χ2n) is 10.3. The number of likely N-dealkylation sites (N-methyl/N-ethyl adjacent to an activating group) is 1. The standard InChI is InChI=1S/C28H28N2O8/c1-30(2)21-20-23(33)17-14(11-12-7-4-3-5-8-12)13-9-6-10-15(31)16(13)22(32)18(17)25(35)28(20,38)26(36)19(24(21)34)27(29)37/h3-10,14,17,20-21,23,31,33-35,38H,11H2,1-2H3,(H2,29,37)/t14?,17-,20-,21-,23+,28+/m1/s1. The summed E-state index contributed by atoms with van der Waals surface area (Å²) in [5.74, 6) is -9.09. The average molecular weight is 521 g/mol. The van der Waals surface area contributed by atoms with Gasteiger partial charge in [-0.05, 0) is 43.6 Å². The van der Waals surface area contributed by atoms with E-state index in [4.69, 9.17) is 5.73 Å². The van der Waals surface area contributed by atoms with Crippen LogP contribution in [0.15, 0.2) is 71.2 Å². The minimum absolute atomic E-state index is 0.110. The molecule has 10 heteroatoms. The SMILES string of the molecule is CN(C)[C@H]1C(O)=C(C(N)=O)C(=O)[C@@]2(O)C(O)=C3C(=O)c4c(O)cccc4C(Cc4ccccc4)[C@H]3[C@H](O)[C@@H]12. The summed E-state index contributed by atoms with van der Waals surface area (Å²) in [5, 5.41) is 56.8. The number of ketones is 2. The number of benzene rings is 2. The van der Waals surface area contributed by atoms with Gasteiger partial charge < -0.3 is 31.3 Å². The Bertz CT molecular complexity index is 1430. The third kappa shape index (κ3) is 3.34. The molecule has 5 rings (SSSR count). The number of phenols is 1. The molecule has 3 aliphatic carbocycles. The van der Waals surface area contributed by atoms with Gasteiger partial charge in [0.15, 0.2) is 11.4 Å². The van der Waals surface area contributed by atoms with Crippen LogP contribution in [0.1, 0.15) is 27.4 Å². The van der Waals surface area contributed by atoms with Gasteiger partial charge in [-0.3, -0.25) is 19.3 Å². The van der Waals surface area contributed by atoms with Gasteiger partial charge in [-0.2, -0.15) is 0 Å². The van der Waals surface area contributed by atoms with Gasteiger partial charge in [0.25, 0.3) is 5.91 Å². The smallest absolute Gasteiger partial charge is 0.255 e. The van der Waals surface area contributed by atoms with Crippen LogP contribution >= 0.6 is 0 Å². The first-order chi connectivity index (χ1) is 17.9. The quantitative estimate of drug-likeness (QED) is 0.319. The minimum atomic E-state index is -2.94. The predicted molar refractivity (Wildman–Crippen MR) is 134 cm³/mol. The molecule has 0 aliphatic heterocycles. The lowest BCUT2D eigenvalue weighted by atomic mass is 9.54. The molecule has 0 saturated carbocycles. The van der Waals surface area contributed by atoms with Crippen molar-refractivity contribution in [1.82, 2.24) is 4.90 Å². The fourth-order valence-electron chi connectivity index (χ4n) is 6.51. The Hall–Kier alpha value is -3.99. The lowest BCUT2D eigenvalue weighted by Gasteiger charge is -2.53. The summed E-state index contributed by atoms with van der Waals surface area (Å²) >= 11 is 0. The highest BCUT2D eigenvalue weighted by Crippen LogP contribution is 2.56. The maximum absolute atomic E-state index is 13.8. The number of primary amides is 1. The molecule has 0 spiro atoms. The van der Waals surface area contributed by atoms with Crippen LogP contribution in [0.5, 0.6) is 5.75 Å². The van der Waals surface area contributed by atoms with Gasteiger partial charge in [-0.1, -0.05) is 42.5 Å². The van der Waals surface area contributed by atoms with Crippen molar-refractivity contribution in [3.05, 3.63) is 87.9 Å². The summed E-state index contributed by atoms with van der Waals surface area (Å²) in [4.78, 5) is 40.8. The Kier molecular flexibility index (Phi) is 5.94. The van der Waals surface area contributed by atoms with Crippen LogP contribution in [-0.2, 0) is 16.0 Å². The van der Waals surface area contributed by atoms with Crippen LogP contribution in [-0.4, -0.2) is 79.7 Å². The highest BCUT2D eigenvalue weighted by atomic mass is 16.4. The number of aliphatic hydroxyl groups excluding tert-OH is 3. The molecule has 6 atom stereocenters. The highest BCUT2D eigenvalue weighted by molar-refractivity contribution is 6.25. The number of nitrogens with two attached hydrogens (primary N) is 1. The molecular formula is C28H28N2O8. The van der Waals surface area contributed by atoms with Crippen molar-refractivity contribution in [3.63, 3.8) is 0 Å². The zero-order chi connectivity index (χ0) is 27.7. The fourth-order valence-corrected chi connectivity index (χ4v) is 6.51. The van der Waals surface area contributed by atoms with Crippen molar-refractivity contribution in [3.8, 4) is 5.75 Å². The number of amides is 1. The molecule has 198 valence electrons. The lowest BCUT2D eigenvalue weighted by molar-refractivity contribution is -0.162. The van der Waals surface area contributed by atoms with Crippen molar-refractivity contribution < 1.29 is 39.9 Å². The second-order valence-corrected chi connectivity index (χ2v) is 10.3. The Labute approximate surface area is 217 Å². The first-order valence-corrected chi connectivity index (χ1v) is 12.1. The molecule has 2 aromatic rings. The average Bonchev–Trinajstić information content (AvgIpc) is 2.86. The van der Waals surface area contributed by atoms with Crippen molar-refractivity contribution in [2.75, 3.05) is 14.1 Å². The Morgan fingerprint density at radius 2 is 1.68 bits per heavy atom. The molecule has 0 saturated heterocycles. The zero-order valence-corrected chi connectivity index (χ0v) is 20.7. The first-order valence-electron chi connectivity index (χ1n) is 12.1. The third-order valence-electron chi connectivity index (χ3n) is 8.10. The van der Waals surface area contributed by atoms with E-state index >= 15 is 0 Å². The number of hydrogen-bond acceptors (Lipinski definition) is 9. The summed E-state index contributed by atoms with van der Waals surface area (Å²) < 4.78 is 0. The largest absolute Gasteiger partial charge is 0.510 e. The molecule has 38 heavy (non-hydrogen) atoms. The Morgan fingerprint density at radius 1 is 1.03 bits per heavy atom. The van der Waals surface area contributed by atoms with Crippen molar-refractivity contribution >= 4 is 17.5 Å². The van der Waals surface area contributed by atoms with Crippen LogP contribution in [0.2, 0.25) is 0 Å². The van der Waals surface area contributed by atoms with E-state index in [-0.39, 0.29) is 17.7 Å². The predicted octanol–water partition coefficient (Wildman–Crippen LogP) is 0.875. The summed E-state index contributed by atoms with van der Waals surface area (Å²) in [5.41, 5.74) is 2.23. The summed E-state index contributed by atoms with van der Waals surface area (Å²) in [6.45, 7) is 0. The summed E-state index contributed by atoms with van der Waals surface area (Å²) in [6, 6.07) is 12.4. The number of carbonyl (C=O) groups excluding carboxylic acids is 3. The van der Waals surface area contributed by atoms with E-state index in [0.29, 0.717) is 5.56 Å². The number of fused-ring (bicyclic) bond motifs is 3. The van der Waals surface area contributed by atoms with E-state index in [2.05, 4.69) is 0 Å². The maximum Gasteiger partial charge on any atom is 0.255 e. The van der Waals surface area contributed by atoms with Gasteiger partial charge >= 0.3 is 0 Å². The maximum atomic E-state index is 13.8. The fraction of sp³-hybridized carbons (Fsp3) is 0.321. The number of phenolic OH excluding ortho intramolecular Hbond substituents is 1. The van der Waals surface area contributed by atoms with Gasteiger partial charge in [0.1, 0.15) is 22.8 Å². The van der Waals surface area contributed by atoms with Gasteiger partial charge in [0.05, 0.1) is 23.6 Å². The molecule has 1 amide bonds. The van der Waals surface area contributed by atoms with Crippen molar-refractivity contribution in [2.24, 2.45) is 17.6 Å². The van der Waals surface area contributed by atoms with Crippen molar-refractivity contribution in [1.29, 1.82) is 0 Å². The van der Waals surface area contributed by atoms with Crippen molar-refractivity contribution in [2.45, 2.75) is 30.1 Å². The molecular weight excluding hydrogens is 492 g/mol. The minimum Gasteiger partial charge on any atom is -0.510 e. The van der Waals surface area contributed by atoms with E-state index in [0.717, 1.165) is 5.56 Å². The number of carbonyl (C=O) groups is 3. The number of rotatable bonds is 4. The zero-order valence-electron chi connectivity index (χ0n) is 20.7. The molecule has 10 nitrogen and oxygen atoms in total. The molecule has 0 bridgehead atoms. The molecule has 0 aromatic heterocycles. The molecule has 2 aromatic carbocycles. The van der Waals surface area contributed by atoms with E-state index in [1.165, 1.54) is 25.1 Å². The number of aromatic hydroxyl groups is 1. The van der Waals surface area contributed by atoms with Crippen LogP contribution in [0.25, 0.3) is 0 Å². The first kappa shape index (κ1) is 25.7. The van der Waals surface area contributed by atoms with Gasteiger partial charge in [-0.25, -0.2) is 0 Å². The normalized spacial score (nSPS) is 30.7. The van der Waals surface area contributed by atoms with Gasteiger partial charge in [0.2, 0.25) is 5.78 Å². The monoisotopic (exact) mass is 520 g/mol. The topological polar surface area (TPSA) is 182 Å². The van der Waals surface area contributed by atoms with Gasteiger partial charge in [0, 0.05) is 11.5 Å². The van der Waals surface area contributed by atoms with Gasteiger partial charge in [-0.15, -0.1) is 0 Å². The third-order valence-corrected chi connectivity index (χ3v) is 8.10. The number of aliphatic hydroxyl groups is 4. The van der Waals surface area contributed by atoms with Crippen LogP contribution in [0, 0.1) is 11.8 Å². The second kappa shape index (κ2) is 8.80. The molecule has 0 heterocycles. The Morgan fingerprint density at radius 3 is 2.29 bits per heavy atom. The molecule has 0 radical (unpaired) electrons. The number of hydrogen-bond donors (Lipinski definition) is 6. The molecule has 1 unspecified atom stereocenters. The van der Waals surface area contributed by atoms with E-state index in [1.54, 1.807) is 12.1 Å². The summed E-state index contributed by atoms with van der Waals surface area (Å²) in [6.07, 6.45) is -1.37. The van der Waals surface area contributed by atoms with Crippen LogP contribution in [0.4, 0.5) is 0 Å². The van der Waals surface area contributed by atoms with E-state index < -0.39 is 75.6 Å². The number of nitrogens with zero attached hydrogens (tertiary/aromatic N) is 1. The van der Waals surface area contributed by atoms with E-state index in [9.17, 15) is 39.9 Å². The highest BCUT2D eigenvalue weighted by Gasteiger charge is 2.67. The molecule has 3 aliphatic rings. The summed E-state index contributed by atoms with van der Waals surface area (Å²) in [7, 11) is 3.00. The molecule has 0 fully saturated rings. The number of Topliss-reactive ketones (excluding diaryl/α,β-unsaturated/α-hetero) is 2.